The maximum Gasteiger partial charge on any atom is 0.198 e. The van der Waals surface area contributed by atoms with Gasteiger partial charge in [0.25, 0.3) is 0 Å². The highest BCUT2D eigenvalue weighted by atomic mass is 19.2. The fourth-order valence-electron chi connectivity index (χ4n) is 2.21. The maximum absolute atomic E-state index is 14.3. The summed E-state index contributed by atoms with van der Waals surface area (Å²) in [7, 11) is 0. The summed E-state index contributed by atoms with van der Waals surface area (Å²) in [5.74, 6) is -6.59. The van der Waals surface area contributed by atoms with Crippen molar-refractivity contribution in [3.63, 3.8) is 0 Å². The summed E-state index contributed by atoms with van der Waals surface area (Å²) < 4.78 is 55.7. The fraction of sp³-hybridized carbons (Fsp3) is 0. The standard InChI is InChI=1S/C16H8F4N2/c17-13-11(9-1-5-21-6-2-9)12(10-3-7-22-8-4-10)14(18)16(20)15(13)19/h1-8H. The zero-order valence-corrected chi connectivity index (χ0v) is 11.0. The van der Waals surface area contributed by atoms with Gasteiger partial charge in [0.05, 0.1) is 0 Å². The van der Waals surface area contributed by atoms with Crippen LogP contribution in [0.25, 0.3) is 22.3 Å². The summed E-state index contributed by atoms with van der Waals surface area (Å²) in [6.07, 6.45) is 5.41. The third kappa shape index (κ3) is 2.22. The molecule has 0 spiro atoms. The fourth-order valence-corrected chi connectivity index (χ4v) is 2.21. The molecule has 110 valence electrons. The van der Waals surface area contributed by atoms with Gasteiger partial charge in [0.1, 0.15) is 0 Å². The molecule has 0 unspecified atom stereocenters. The zero-order valence-electron chi connectivity index (χ0n) is 11.0. The Bertz CT molecular complexity index is 750. The molecule has 0 saturated heterocycles. The summed E-state index contributed by atoms with van der Waals surface area (Å²) in [5.41, 5.74) is -0.329. The van der Waals surface area contributed by atoms with E-state index in [0.29, 0.717) is 0 Å². The highest BCUT2D eigenvalue weighted by Gasteiger charge is 2.26. The molecule has 3 aromatic rings. The number of hydrogen-bond acceptors (Lipinski definition) is 2. The van der Waals surface area contributed by atoms with Crippen molar-refractivity contribution in [3.05, 3.63) is 72.3 Å². The number of pyridine rings is 2. The van der Waals surface area contributed by atoms with E-state index in [4.69, 9.17) is 0 Å². The molecule has 0 fully saturated rings. The molecule has 2 nitrogen and oxygen atoms in total. The SMILES string of the molecule is Fc1c(F)c(F)c(-c2ccncc2)c(-c2ccncc2)c1F. The third-order valence-electron chi connectivity index (χ3n) is 3.21. The molecule has 0 saturated carbocycles. The van der Waals surface area contributed by atoms with Gasteiger partial charge < -0.3 is 0 Å². The van der Waals surface area contributed by atoms with Gasteiger partial charge in [-0.2, -0.15) is 0 Å². The first-order valence-electron chi connectivity index (χ1n) is 6.28. The summed E-state index contributed by atoms with van der Waals surface area (Å²) in [6, 6.07) is 5.56. The van der Waals surface area contributed by atoms with Gasteiger partial charge in [0.2, 0.25) is 0 Å². The van der Waals surface area contributed by atoms with Crippen LogP contribution in [0.4, 0.5) is 17.6 Å². The van der Waals surface area contributed by atoms with Gasteiger partial charge in [-0.25, -0.2) is 17.6 Å². The van der Waals surface area contributed by atoms with Crippen LogP contribution < -0.4 is 0 Å². The van der Waals surface area contributed by atoms with Crippen molar-refractivity contribution in [2.75, 3.05) is 0 Å². The van der Waals surface area contributed by atoms with Crippen LogP contribution >= 0.6 is 0 Å². The Kier molecular flexibility index (Phi) is 3.58. The molecular formula is C16H8F4N2. The minimum absolute atomic E-state index is 0.192. The number of hydrogen-bond donors (Lipinski definition) is 0. The Morgan fingerprint density at radius 1 is 0.500 bits per heavy atom. The average Bonchev–Trinajstić information content (AvgIpc) is 2.57. The Morgan fingerprint density at radius 3 is 1.14 bits per heavy atom. The van der Waals surface area contributed by atoms with E-state index >= 15 is 0 Å². The van der Waals surface area contributed by atoms with Crippen LogP contribution in [0.3, 0.4) is 0 Å². The second-order valence-electron chi connectivity index (χ2n) is 4.48. The molecule has 2 aromatic heterocycles. The first kappa shape index (κ1) is 14.2. The normalized spacial score (nSPS) is 10.7. The predicted octanol–water partition coefficient (Wildman–Crippen LogP) is 4.37. The van der Waals surface area contributed by atoms with Gasteiger partial charge in [-0.05, 0) is 35.4 Å². The van der Waals surface area contributed by atoms with Crippen molar-refractivity contribution >= 4 is 0 Å². The Labute approximate surface area is 123 Å². The number of benzene rings is 1. The summed E-state index contributed by atoms with van der Waals surface area (Å²) in [5, 5.41) is 0. The van der Waals surface area contributed by atoms with Crippen molar-refractivity contribution < 1.29 is 17.6 Å². The molecular weight excluding hydrogens is 296 g/mol. The van der Waals surface area contributed by atoms with Gasteiger partial charge in [0.15, 0.2) is 23.3 Å². The van der Waals surface area contributed by atoms with E-state index in [1.165, 1.54) is 49.1 Å². The van der Waals surface area contributed by atoms with Gasteiger partial charge in [0, 0.05) is 35.9 Å². The molecule has 0 N–H and O–H groups in total. The largest absolute Gasteiger partial charge is 0.265 e. The van der Waals surface area contributed by atoms with Gasteiger partial charge >= 0.3 is 0 Å². The highest BCUT2D eigenvalue weighted by Crippen LogP contribution is 2.38. The number of rotatable bonds is 2. The summed E-state index contributed by atoms with van der Waals surface area (Å²) in [4.78, 5) is 7.54. The predicted molar refractivity (Wildman–Crippen MR) is 72.7 cm³/mol. The Hall–Kier alpha value is -2.76. The van der Waals surface area contributed by atoms with Crippen LogP contribution in [0.1, 0.15) is 0 Å². The van der Waals surface area contributed by atoms with E-state index in [9.17, 15) is 17.6 Å². The minimum atomic E-state index is -1.85. The van der Waals surface area contributed by atoms with Crippen LogP contribution in [-0.4, -0.2) is 9.97 Å². The molecule has 0 bridgehead atoms. The topological polar surface area (TPSA) is 25.8 Å². The second kappa shape index (κ2) is 5.55. The molecule has 0 aliphatic carbocycles. The van der Waals surface area contributed by atoms with E-state index in [-0.39, 0.29) is 22.3 Å². The van der Waals surface area contributed by atoms with E-state index in [0.717, 1.165) is 0 Å². The van der Waals surface area contributed by atoms with Crippen molar-refractivity contribution in [1.82, 2.24) is 9.97 Å². The Balaban J connectivity index is 2.42. The van der Waals surface area contributed by atoms with Crippen molar-refractivity contribution in [2.45, 2.75) is 0 Å². The first-order chi connectivity index (χ1) is 10.6. The Morgan fingerprint density at radius 2 is 0.818 bits per heavy atom. The lowest BCUT2D eigenvalue weighted by molar-refractivity contribution is 0.412. The van der Waals surface area contributed by atoms with Crippen LogP contribution in [0, 0.1) is 23.3 Å². The molecule has 6 heteroatoms. The maximum atomic E-state index is 14.3. The van der Waals surface area contributed by atoms with Crippen molar-refractivity contribution in [2.24, 2.45) is 0 Å². The molecule has 3 rings (SSSR count). The zero-order chi connectivity index (χ0) is 15.7. The molecule has 0 aliphatic rings. The van der Waals surface area contributed by atoms with Crippen LogP contribution in [0.5, 0.6) is 0 Å². The lowest BCUT2D eigenvalue weighted by Gasteiger charge is -2.14. The molecule has 2 heterocycles. The number of halogens is 4. The molecule has 0 aliphatic heterocycles. The second-order valence-corrected chi connectivity index (χ2v) is 4.48. The van der Waals surface area contributed by atoms with E-state index < -0.39 is 23.3 Å². The van der Waals surface area contributed by atoms with E-state index in [2.05, 4.69) is 9.97 Å². The quantitative estimate of drug-likeness (QED) is 0.399. The highest BCUT2D eigenvalue weighted by molar-refractivity contribution is 5.84. The lowest BCUT2D eigenvalue weighted by atomic mass is 9.94. The lowest BCUT2D eigenvalue weighted by Crippen LogP contribution is -2.03. The number of aromatic nitrogens is 2. The minimum Gasteiger partial charge on any atom is -0.265 e. The molecule has 1 aromatic carbocycles. The smallest absolute Gasteiger partial charge is 0.198 e. The van der Waals surface area contributed by atoms with Crippen molar-refractivity contribution in [3.8, 4) is 22.3 Å². The first-order valence-corrected chi connectivity index (χ1v) is 6.28. The third-order valence-corrected chi connectivity index (χ3v) is 3.21. The van der Waals surface area contributed by atoms with Crippen LogP contribution in [-0.2, 0) is 0 Å². The summed E-state index contributed by atoms with van der Waals surface area (Å²) >= 11 is 0. The molecule has 0 amide bonds. The van der Waals surface area contributed by atoms with Crippen LogP contribution in [0.2, 0.25) is 0 Å². The van der Waals surface area contributed by atoms with Gasteiger partial charge in [-0.3, -0.25) is 9.97 Å². The van der Waals surface area contributed by atoms with Gasteiger partial charge in [-0.1, -0.05) is 0 Å². The van der Waals surface area contributed by atoms with Crippen LogP contribution in [0.15, 0.2) is 49.1 Å². The molecule has 0 atom stereocenters. The van der Waals surface area contributed by atoms with Gasteiger partial charge in [-0.15, -0.1) is 0 Å². The molecule has 22 heavy (non-hydrogen) atoms. The number of nitrogens with zero attached hydrogens (tertiary/aromatic N) is 2. The summed E-state index contributed by atoms with van der Waals surface area (Å²) in [6.45, 7) is 0. The average molecular weight is 304 g/mol. The molecule has 0 radical (unpaired) electrons. The van der Waals surface area contributed by atoms with E-state index in [1.807, 2.05) is 0 Å². The van der Waals surface area contributed by atoms with E-state index in [1.54, 1.807) is 0 Å². The van der Waals surface area contributed by atoms with Crippen molar-refractivity contribution in [1.29, 1.82) is 0 Å². The monoisotopic (exact) mass is 304 g/mol.